The number of rotatable bonds is 3. The molecule has 1 aromatic carbocycles. The minimum Gasteiger partial charge on any atom is -0.323 e. The Bertz CT molecular complexity index is 872. The van der Waals surface area contributed by atoms with E-state index in [1.165, 1.54) is 20.9 Å². The molecule has 2 aliphatic heterocycles. The number of amides is 3. The number of carbonyl (C=O) groups is 2. The molecular weight excluding hydrogens is 372 g/mol. The first-order valence-corrected chi connectivity index (χ1v) is 11.3. The van der Waals surface area contributed by atoms with Crippen LogP contribution in [0.4, 0.5) is 4.79 Å². The van der Waals surface area contributed by atoms with Crippen LogP contribution < -0.4 is 10.2 Å². The number of likely N-dealkylation sites (tertiary alicyclic amines) is 1. The van der Waals surface area contributed by atoms with Gasteiger partial charge in [-0.25, -0.2) is 14.7 Å². The van der Waals surface area contributed by atoms with Crippen molar-refractivity contribution in [2.24, 2.45) is 0 Å². The van der Waals surface area contributed by atoms with Crippen LogP contribution >= 0.6 is 11.3 Å². The van der Waals surface area contributed by atoms with Gasteiger partial charge in [0.2, 0.25) is 0 Å². The van der Waals surface area contributed by atoms with Crippen molar-refractivity contribution in [3.8, 4) is 0 Å². The second-order valence-electron chi connectivity index (χ2n) is 8.44. The second-order valence-corrected chi connectivity index (χ2v) is 9.50. The molecule has 3 amide bonds. The van der Waals surface area contributed by atoms with Gasteiger partial charge in [0, 0.05) is 6.42 Å². The number of aromatic nitrogens is 1. The van der Waals surface area contributed by atoms with Gasteiger partial charge >= 0.3 is 6.03 Å². The lowest BCUT2D eigenvalue weighted by Gasteiger charge is -2.34. The van der Waals surface area contributed by atoms with Crippen LogP contribution in [0.3, 0.4) is 0 Å². The number of carbonyl (C=O) groups excluding carboxylic acids is 2. The number of urea groups is 1. The predicted molar refractivity (Wildman–Crippen MR) is 108 cm³/mol. The van der Waals surface area contributed by atoms with Crippen molar-refractivity contribution in [2.75, 3.05) is 13.2 Å². The molecular formula is C21H27N4O2S+. The van der Waals surface area contributed by atoms with E-state index in [0.717, 1.165) is 62.0 Å². The molecule has 7 heteroatoms. The van der Waals surface area contributed by atoms with Crippen molar-refractivity contribution in [3.63, 3.8) is 0 Å². The fraction of sp³-hybridized carbons (Fsp3) is 0.571. The number of fused-ring (bicyclic) bond motifs is 1. The Morgan fingerprint density at radius 3 is 2.79 bits per heavy atom. The predicted octanol–water partition coefficient (Wildman–Crippen LogP) is 2.62. The lowest BCUT2D eigenvalue weighted by Crippen LogP contribution is -3.14. The third-order valence-electron chi connectivity index (χ3n) is 6.66. The van der Waals surface area contributed by atoms with Gasteiger partial charge in [-0.3, -0.25) is 4.79 Å². The highest BCUT2D eigenvalue weighted by Gasteiger charge is 2.52. The standard InChI is InChI=1S/C21H26N4O2S/c26-19-21(11-5-1-6-12-21)23-20(27)25(19)14-24-13-7-4-9-16(24)18-22-15-8-2-3-10-17(15)28-18/h2-3,8,10,16H,1,4-7,9,11-14H2,(H,23,27)/p+1/t16-/m0/s1. The maximum absolute atomic E-state index is 13.2. The summed E-state index contributed by atoms with van der Waals surface area (Å²) in [5.41, 5.74) is 0.416. The van der Waals surface area contributed by atoms with E-state index in [1.807, 2.05) is 12.1 Å². The Labute approximate surface area is 168 Å². The maximum atomic E-state index is 13.2. The summed E-state index contributed by atoms with van der Waals surface area (Å²) >= 11 is 1.75. The quantitative estimate of drug-likeness (QED) is 0.780. The minimum absolute atomic E-state index is 0.00155. The van der Waals surface area contributed by atoms with Crippen LogP contribution in [-0.4, -0.2) is 40.6 Å². The van der Waals surface area contributed by atoms with Crippen molar-refractivity contribution >= 4 is 33.5 Å². The van der Waals surface area contributed by atoms with Gasteiger partial charge in [-0.2, -0.15) is 0 Å². The Morgan fingerprint density at radius 1 is 1.14 bits per heavy atom. The molecule has 0 radical (unpaired) electrons. The number of benzene rings is 1. The molecule has 148 valence electrons. The smallest absolute Gasteiger partial charge is 0.323 e. The highest BCUT2D eigenvalue weighted by Crippen LogP contribution is 2.34. The van der Waals surface area contributed by atoms with Crippen LogP contribution in [0.2, 0.25) is 0 Å². The lowest BCUT2D eigenvalue weighted by atomic mass is 9.82. The topological polar surface area (TPSA) is 66.7 Å². The van der Waals surface area contributed by atoms with E-state index in [-0.39, 0.29) is 18.0 Å². The molecule has 5 rings (SSSR count). The zero-order valence-electron chi connectivity index (χ0n) is 16.1. The number of piperidine rings is 1. The number of hydrogen-bond donors (Lipinski definition) is 2. The first-order valence-electron chi connectivity index (χ1n) is 10.5. The number of para-hydroxylation sites is 1. The third kappa shape index (κ3) is 3.01. The summed E-state index contributed by atoms with van der Waals surface area (Å²) in [5, 5.41) is 4.18. The summed E-state index contributed by atoms with van der Waals surface area (Å²) in [7, 11) is 0. The highest BCUT2D eigenvalue weighted by atomic mass is 32.1. The van der Waals surface area contributed by atoms with E-state index >= 15 is 0 Å². The van der Waals surface area contributed by atoms with E-state index < -0.39 is 5.54 Å². The number of imide groups is 1. The highest BCUT2D eigenvalue weighted by molar-refractivity contribution is 7.18. The molecule has 2 aromatic rings. The van der Waals surface area contributed by atoms with E-state index in [0.29, 0.717) is 6.67 Å². The zero-order valence-corrected chi connectivity index (χ0v) is 16.9. The first kappa shape index (κ1) is 18.1. The normalized spacial score (nSPS) is 27.5. The fourth-order valence-electron chi connectivity index (χ4n) is 5.12. The summed E-state index contributed by atoms with van der Waals surface area (Å²) in [6.45, 7) is 1.43. The van der Waals surface area contributed by atoms with E-state index in [1.54, 1.807) is 11.3 Å². The maximum Gasteiger partial charge on any atom is 0.329 e. The molecule has 3 fully saturated rings. The summed E-state index contributed by atoms with van der Waals surface area (Å²) in [6, 6.07) is 8.30. The summed E-state index contributed by atoms with van der Waals surface area (Å²) in [4.78, 5) is 33.5. The Balaban J connectivity index is 1.38. The lowest BCUT2D eigenvalue weighted by molar-refractivity contribution is -0.943. The Morgan fingerprint density at radius 2 is 1.96 bits per heavy atom. The first-order chi connectivity index (χ1) is 13.7. The van der Waals surface area contributed by atoms with Gasteiger partial charge in [0.25, 0.3) is 5.91 Å². The van der Waals surface area contributed by atoms with Crippen LogP contribution in [-0.2, 0) is 4.79 Å². The number of nitrogens with zero attached hydrogens (tertiary/aromatic N) is 2. The van der Waals surface area contributed by atoms with Crippen LogP contribution in [0.25, 0.3) is 10.2 Å². The molecule has 1 saturated carbocycles. The Hall–Kier alpha value is -1.99. The monoisotopic (exact) mass is 399 g/mol. The van der Waals surface area contributed by atoms with Crippen molar-refractivity contribution in [2.45, 2.75) is 62.9 Å². The molecule has 3 aliphatic rings. The van der Waals surface area contributed by atoms with E-state index in [9.17, 15) is 9.59 Å². The Kier molecular flexibility index (Phi) is 4.59. The number of nitrogens with one attached hydrogen (secondary N) is 2. The van der Waals surface area contributed by atoms with Gasteiger partial charge < -0.3 is 10.2 Å². The van der Waals surface area contributed by atoms with E-state index in [2.05, 4.69) is 17.4 Å². The summed E-state index contributed by atoms with van der Waals surface area (Å²) in [5.74, 6) is -0.00155. The van der Waals surface area contributed by atoms with Crippen molar-refractivity contribution in [3.05, 3.63) is 29.3 Å². The van der Waals surface area contributed by atoms with Crippen molar-refractivity contribution in [1.82, 2.24) is 15.2 Å². The average Bonchev–Trinajstić information content (AvgIpc) is 3.24. The summed E-state index contributed by atoms with van der Waals surface area (Å²) < 4.78 is 1.21. The number of quaternary nitrogens is 1. The van der Waals surface area contributed by atoms with Crippen molar-refractivity contribution < 1.29 is 14.5 Å². The van der Waals surface area contributed by atoms with Gasteiger partial charge in [0.15, 0.2) is 11.7 Å². The molecule has 2 saturated heterocycles. The molecule has 28 heavy (non-hydrogen) atoms. The largest absolute Gasteiger partial charge is 0.329 e. The van der Waals surface area contributed by atoms with Gasteiger partial charge in [-0.1, -0.05) is 31.4 Å². The molecule has 0 bridgehead atoms. The third-order valence-corrected chi connectivity index (χ3v) is 7.81. The second kappa shape index (κ2) is 7.12. The number of hydrogen-bond acceptors (Lipinski definition) is 4. The van der Waals surface area contributed by atoms with Crippen LogP contribution in [0.1, 0.15) is 62.4 Å². The molecule has 2 N–H and O–H groups in total. The average molecular weight is 400 g/mol. The van der Waals surface area contributed by atoms with Crippen LogP contribution in [0, 0.1) is 0 Å². The fourth-order valence-corrected chi connectivity index (χ4v) is 6.28. The van der Waals surface area contributed by atoms with Gasteiger partial charge in [0.1, 0.15) is 11.6 Å². The van der Waals surface area contributed by atoms with Gasteiger partial charge in [0.05, 0.1) is 16.8 Å². The minimum atomic E-state index is -0.629. The molecule has 6 nitrogen and oxygen atoms in total. The molecule has 3 heterocycles. The molecule has 1 spiro atoms. The molecule has 1 aromatic heterocycles. The molecule has 1 aliphatic carbocycles. The zero-order chi connectivity index (χ0) is 19.1. The van der Waals surface area contributed by atoms with Gasteiger partial charge in [-0.15, -0.1) is 11.3 Å². The summed E-state index contributed by atoms with van der Waals surface area (Å²) in [6.07, 6.45) is 8.12. The van der Waals surface area contributed by atoms with Crippen LogP contribution in [0.15, 0.2) is 24.3 Å². The molecule has 2 atom stereocenters. The van der Waals surface area contributed by atoms with Crippen molar-refractivity contribution in [1.29, 1.82) is 0 Å². The SMILES string of the molecule is O=C1NC2(CCCCC2)C(=O)N1C[NH+]1CCCC[C@H]1c1nc2ccccc2s1. The van der Waals surface area contributed by atoms with E-state index in [4.69, 9.17) is 4.98 Å². The van der Waals surface area contributed by atoms with Gasteiger partial charge in [-0.05, 0) is 37.8 Å². The van der Waals surface area contributed by atoms with Crippen LogP contribution in [0.5, 0.6) is 0 Å². The molecule has 1 unspecified atom stereocenters. The number of thiazole rings is 1.